The second kappa shape index (κ2) is 8.62. The normalized spacial score (nSPS) is 16.2. The Morgan fingerprint density at radius 2 is 1.59 bits per heavy atom. The molecule has 0 spiro atoms. The number of hydrogen-bond acceptors (Lipinski definition) is 4. The molecule has 1 aliphatic rings. The van der Waals surface area contributed by atoms with Gasteiger partial charge in [0.25, 0.3) is 5.91 Å². The maximum atomic E-state index is 13.0. The van der Waals surface area contributed by atoms with Crippen LogP contribution in [0.1, 0.15) is 51.5 Å². The molecule has 1 atom stereocenters. The van der Waals surface area contributed by atoms with E-state index >= 15 is 0 Å². The number of nitrogens with zero attached hydrogens (tertiary/aromatic N) is 1. The van der Waals surface area contributed by atoms with E-state index in [0.29, 0.717) is 17.4 Å². The molecule has 154 valence electrons. The third-order valence-corrected chi connectivity index (χ3v) is 7.31. The molecule has 0 radical (unpaired) electrons. The van der Waals surface area contributed by atoms with Gasteiger partial charge in [-0.05, 0) is 81.0 Å². The van der Waals surface area contributed by atoms with Crippen molar-refractivity contribution in [3.63, 3.8) is 0 Å². The van der Waals surface area contributed by atoms with Crippen LogP contribution in [0.4, 0.5) is 5.69 Å². The summed E-state index contributed by atoms with van der Waals surface area (Å²) in [5, 5.41) is 0.431. The lowest BCUT2D eigenvalue weighted by Gasteiger charge is -2.23. The number of ether oxygens (including phenoxy) is 1. The Hall–Kier alpha value is -2.27. The number of thioether (sulfide) groups is 1. The fraction of sp³-hybridized carbons (Fsp3) is 0.417. The van der Waals surface area contributed by atoms with E-state index in [0.717, 1.165) is 39.3 Å². The lowest BCUT2D eigenvalue weighted by molar-refractivity contribution is -0.121. The van der Waals surface area contributed by atoms with Crippen LogP contribution in [-0.2, 0) is 9.53 Å². The maximum absolute atomic E-state index is 13.0. The zero-order valence-electron chi connectivity index (χ0n) is 18.1. The van der Waals surface area contributed by atoms with Crippen molar-refractivity contribution in [2.45, 2.75) is 58.1 Å². The molecule has 1 aliphatic heterocycles. The van der Waals surface area contributed by atoms with Crippen LogP contribution < -0.4 is 4.90 Å². The fourth-order valence-electron chi connectivity index (χ4n) is 3.83. The van der Waals surface area contributed by atoms with Crippen molar-refractivity contribution in [2.24, 2.45) is 0 Å². The predicted molar refractivity (Wildman–Crippen MR) is 119 cm³/mol. The number of anilines is 1. The van der Waals surface area contributed by atoms with Crippen LogP contribution >= 0.6 is 11.8 Å². The van der Waals surface area contributed by atoms with Crippen molar-refractivity contribution in [3.05, 3.63) is 57.6 Å². The molecule has 0 aromatic heterocycles. The second-order valence-corrected chi connectivity index (χ2v) is 9.29. The number of fused-ring (bicyclic) bond motifs is 1. The number of benzene rings is 2. The number of para-hydroxylation sites is 1. The van der Waals surface area contributed by atoms with Gasteiger partial charge >= 0.3 is 5.97 Å². The lowest BCUT2D eigenvalue weighted by Crippen LogP contribution is -2.36. The van der Waals surface area contributed by atoms with Crippen molar-refractivity contribution >= 4 is 29.3 Å². The van der Waals surface area contributed by atoms with Gasteiger partial charge in [0.2, 0.25) is 0 Å². The Balaban J connectivity index is 1.79. The third kappa shape index (κ3) is 4.20. The van der Waals surface area contributed by atoms with Crippen LogP contribution in [0.25, 0.3) is 0 Å². The number of rotatable bonds is 3. The smallest absolute Gasteiger partial charge is 0.339 e. The first-order valence-corrected chi connectivity index (χ1v) is 10.9. The summed E-state index contributed by atoms with van der Waals surface area (Å²) in [5.74, 6) is -0.609. The third-order valence-electron chi connectivity index (χ3n) is 6.08. The minimum absolute atomic E-state index is 0.184. The molecule has 0 N–H and O–H groups in total. The van der Waals surface area contributed by atoms with E-state index in [1.165, 1.54) is 5.56 Å². The summed E-state index contributed by atoms with van der Waals surface area (Å²) in [6.07, 6.45) is 0.896. The molecule has 0 fully saturated rings. The highest BCUT2D eigenvalue weighted by atomic mass is 32.2. The van der Waals surface area contributed by atoms with E-state index in [2.05, 4.69) is 13.8 Å². The standard InChI is InChI=1S/C24H29NO3S/c1-14-11-12-25(20-9-7-8-10-21(20)29-14)22(26)13-28-24(27)23-18(5)16(3)15(2)17(4)19(23)6/h7-10,14H,11-13H2,1-6H3/t14-/m1/s1. The van der Waals surface area contributed by atoms with E-state index < -0.39 is 5.97 Å². The molecule has 0 saturated carbocycles. The highest BCUT2D eigenvalue weighted by molar-refractivity contribution is 8.00. The topological polar surface area (TPSA) is 46.6 Å². The van der Waals surface area contributed by atoms with Crippen molar-refractivity contribution in [1.82, 2.24) is 0 Å². The average molecular weight is 412 g/mol. The van der Waals surface area contributed by atoms with Gasteiger partial charge in [-0.2, -0.15) is 0 Å². The summed E-state index contributed by atoms with van der Waals surface area (Å²) in [6.45, 7) is 12.5. The van der Waals surface area contributed by atoms with Gasteiger partial charge in [-0.1, -0.05) is 19.1 Å². The van der Waals surface area contributed by atoms with E-state index in [1.807, 2.05) is 52.0 Å². The maximum Gasteiger partial charge on any atom is 0.339 e. The molecule has 5 heteroatoms. The molecular weight excluding hydrogens is 382 g/mol. The van der Waals surface area contributed by atoms with Gasteiger partial charge in [0.15, 0.2) is 6.61 Å². The van der Waals surface area contributed by atoms with Gasteiger partial charge in [-0.25, -0.2) is 4.79 Å². The molecule has 29 heavy (non-hydrogen) atoms. The minimum Gasteiger partial charge on any atom is -0.452 e. The number of hydrogen-bond donors (Lipinski definition) is 0. The summed E-state index contributed by atoms with van der Waals surface area (Å²) in [5.41, 5.74) is 6.72. The van der Waals surface area contributed by atoms with E-state index in [4.69, 9.17) is 4.74 Å². The Labute approximate surface area is 177 Å². The van der Waals surface area contributed by atoms with Crippen molar-refractivity contribution in [1.29, 1.82) is 0 Å². The zero-order chi connectivity index (χ0) is 21.3. The van der Waals surface area contributed by atoms with Gasteiger partial charge in [0.05, 0.1) is 11.3 Å². The molecule has 0 unspecified atom stereocenters. The molecule has 1 heterocycles. The van der Waals surface area contributed by atoms with Crippen LogP contribution in [-0.4, -0.2) is 30.3 Å². The Bertz CT molecular complexity index is 938. The summed E-state index contributed by atoms with van der Waals surface area (Å²) < 4.78 is 5.50. The molecule has 0 bridgehead atoms. The first-order chi connectivity index (χ1) is 13.7. The van der Waals surface area contributed by atoms with Gasteiger partial charge in [0.1, 0.15) is 0 Å². The van der Waals surface area contributed by atoms with Gasteiger partial charge in [-0.3, -0.25) is 4.79 Å². The first-order valence-electron chi connectivity index (χ1n) is 10.0. The number of esters is 1. The molecular formula is C24H29NO3S. The summed E-state index contributed by atoms with van der Waals surface area (Å²) in [6, 6.07) is 7.92. The summed E-state index contributed by atoms with van der Waals surface area (Å²) >= 11 is 1.78. The number of carbonyl (C=O) groups excluding carboxylic acids is 2. The molecule has 0 saturated heterocycles. The van der Waals surface area contributed by atoms with Gasteiger partial charge in [0, 0.05) is 16.7 Å². The first kappa shape index (κ1) is 21.4. The number of amides is 1. The lowest BCUT2D eigenvalue weighted by atomic mass is 9.90. The van der Waals surface area contributed by atoms with Gasteiger partial charge in [-0.15, -0.1) is 11.8 Å². The monoisotopic (exact) mass is 411 g/mol. The van der Waals surface area contributed by atoms with Crippen LogP contribution in [0.15, 0.2) is 29.2 Å². The van der Waals surface area contributed by atoms with Gasteiger partial charge < -0.3 is 9.64 Å². The SMILES string of the molecule is Cc1c(C)c(C)c(C(=O)OCC(=O)N2CC[C@@H](C)Sc3ccccc32)c(C)c1C. The second-order valence-electron chi connectivity index (χ2n) is 7.81. The van der Waals surface area contributed by atoms with Crippen LogP contribution in [0.5, 0.6) is 0 Å². The van der Waals surface area contributed by atoms with Crippen molar-refractivity contribution in [2.75, 3.05) is 18.1 Å². The van der Waals surface area contributed by atoms with Crippen LogP contribution in [0, 0.1) is 34.6 Å². The largest absolute Gasteiger partial charge is 0.452 e. The molecule has 4 nitrogen and oxygen atoms in total. The Morgan fingerprint density at radius 3 is 2.24 bits per heavy atom. The highest BCUT2D eigenvalue weighted by Crippen LogP contribution is 2.37. The van der Waals surface area contributed by atoms with Crippen LogP contribution in [0.3, 0.4) is 0 Å². The van der Waals surface area contributed by atoms with E-state index in [9.17, 15) is 9.59 Å². The number of carbonyl (C=O) groups is 2. The molecule has 0 aliphatic carbocycles. The van der Waals surface area contributed by atoms with Crippen molar-refractivity contribution in [3.8, 4) is 0 Å². The van der Waals surface area contributed by atoms with E-state index in [-0.39, 0.29) is 12.5 Å². The fourth-order valence-corrected chi connectivity index (χ4v) is 4.94. The van der Waals surface area contributed by atoms with E-state index in [1.54, 1.807) is 16.7 Å². The average Bonchev–Trinajstić information content (AvgIpc) is 2.87. The molecule has 3 rings (SSSR count). The van der Waals surface area contributed by atoms with Crippen LogP contribution in [0.2, 0.25) is 0 Å². The predicted octanol–water partition coefficient (Wildman–Crippen LogP) is 5.30. The molecule has 1 amide bonds. The minimum atomic E-state index is -0.426. The molecule has 2 aromatic rings. The quantitative estimate of drug-likeness (QED) is 0.643. The molecule has 2 aromatic carbocycles. The highest BCUT2D eigenvalue weighted by Gasteiger charge is 2.26. The summed E-state index contributed by atoms with van der Waals surface area (Å²) in [7, 11) is 0. The van der Waals surface area contributed by atoms with Crippen molar-refractivity contribution < 1.29 is 14.3 Å². The summed E-state index contributed by atoms with van der Waals surface area (Å²) in [4.78, 5) is 28.7. The zero-order valence-corrected chi connectivity index (χ0v) is 18.9. The Kier molecular flexibility index (Phi) is 6.37. The Morgan fingerprint density at radius 1 is 1.00 bits per heavy atom.